The van der Waals surface area contributed by atoms with Crippen molar-refractivity contribution in [2.75, 3.05) is 0 Å². The molecule has 0 aliphatic carbocycles. The fourth-order valence-electron chi connectivity index (χ4n) is 3.04. The second kappa shape index (κ2) is 9.48. The lowest BCUT2D eigenvalue weighted by atomic mass is 9.83. The van der Waals surface area contributed by atoms with E-state index in [-0.39, 0.29) is 34.0 Å². The highest BCUT2D eigenvalue weighted by Crippen LogP contribution is 2.42. The molecule has 1 N–H and O–H groups in total. The van der Waals surface area contributed by atoms with Gasteiger partial charge in [0.1, 0.15) is 0 Å². The van der Waals surface area contributed by atoms with Crippen LogP contribution in [0.5, 0.6) is 0 Å². The average molecular weight is 459 g/mol. The highest BCUT2D eigenvalue weighted by atomic mass is 28.4. The minimum absolute atomic E-state index is 0.0856. The molecule has 0 aromatic heterocycles. The Labute approximate surface area is 189 Å². The van der Waals surface area contributed by atoms with E-state index in [2.05, 4.69) is 74.3 Å². The Balaban J connectivity index is 3.06. The zero-order chi connectivity index (χ0) is 23.8. The van der Waals surface area contributed by atoms with Gasteiger partial charge in [-0.1, -0.05) is 61.5 Å². The SMILES string of the molecule is C=CC(C)(C)C(O)C[C@H]1C[C@@H](O[Si](C)(C)C(C)(C)C)C[C@@H](O[Si](C)(C)C(C)(C)C)O1. The van der Waals surface area contributed by atoms with Gasteiger partial charge in [0.15, 0.2) is 22.9 Å². The van der Waals surface area contributed by atoms with Gasteiger partial charge in [-0.25, -0.2) is 0 Å². The predicted octanol–water partition coefficient (Wildman–Crippen LogP) is 6.87. The molecule has 0 spiro atoms. The normalized spacial score (nSPS) is 25.8. The van der Waals surface area contributed by atoms with Crippen LogP contribution >= 0.6 is 0 Å². The molecule has 6 heteroatoms. The van der Waals surface area contributed by atoms with Crippen LogP contribution in [0.2, 0.25) is 36.3 Å². The summed E-state index contributed by atoms with van der Waals surface area (Å²) in [5.74, 6) is 0. The van der Waals surface area contributed by atoms with Crippen LogP contribution in [0.4, 0.5) is 0 Å². The molecule has 1 unspecified atom stereocenters. The summed E-state index contributed by atoms with van der Waals surface area (Å²) >= 11 is 0. The monoisotopic (exact) mass is 458 g/mol. The summed E-state index contributed by atoms with van der Waals surface area (Å²) in [5, 5.41) is 11.1. The van der Waals surface area contributed by atoms with Gasteiger partial charge in [0.25, 0.3) is 0 Å². The van der Waals surface area contributed by atoms with E-state index in [1.165, 1.54) is 0 Å². The van der Waals surface area contributed by atoms with Crippen LogP contribution in [0.15, 0.2) is 12.7 Å². The third kappa shape index (κ3) is 7.27. The zero-order valence-electron chi connectivity index (χ0n) is 21.9. The summed E-state index contributed by atoms with van der Waals surface area (Å²) < 4.78 is 19.8. The predicted molar refractivity (Wildman–Crippen MR) is 133 cm³/mol. The lowest BCUT2D eigenvalue weighted by Crippen LogP contribution is -2.52. The summed E-state index contributed by atoms with van der Waals surface area (Å²) in [6.07, 6.45) is 3.17. The van der Waals surface area contributed by atoms with E-state index in [4.69, 9.17) is 13.6 Å². The maximum atomic E-state index is 10.8. The molecule has 1 heterocycles. The first kappa shape index (κ1) is 28.0. The standard InChI is InChI=1S/C24H50O4Si2/c1-14-24(8,9)20(25)16-18-15-19(27-29(10,11)22(2,3)4)17-21(26-18)28-30(12,13)23(5,6)7/h14,18-21,25H,1,15-17H2,2-13H3/t18-,19-,20?,21-/m1/s1. The second-order valence-electron chi connectivity index (χ2n) is 12.8. The highest BCUT2D eigenvalue weighted by Gasteiger charge is 2.45. The molecule has 178 valence electrons. The molecule has 0 aromatic carbocycles. The molecule has 1 rings (SSSR count). The summed E-state index contributed by atoms with van der Waals surface area (Å²) in [6.45, 7) is 30.6. The Morgan fingerprint density at radius 1 is 0.933 bits per heavy atom. The molecule has 1 fully saturated rings. The first-order chi connectivity index (χ1) is 13.2. The maximum absolute atomic E-state index is 10.8. The van der Waals surface area contributed by atoms with Gasteiger partial charge in [-0.3, -0.25) is 0 Å². The summed E-state index contributed by atoms with van der Waals surface area (Å²) in [4.78, 5) is 0. The van der Waals surface area contributed by atoms with Gasteiger partial charge in [0.05, 0.1) is 18.3 Å². The minimum Gasteiger partial charge on any atom is -0.414 e. The van der Waals surface area contributed by atoms with E-state index in [0.29, 0.717) is 6.42 Å². The first-order valence-electron chi connectivity index (χ1n) is 11.5. The topological polar surface area (TPSA) is 47.9 Å². The van der Waals surface area contributed by atoms with Crippen molar-refractivity contribution in [1.29, 1.82) is 0 Å². The molecular weight excluding hydrogens is 408 g/mol. The molecule has 0 aromatic rings. The van der Waals surface area contributed by atoms with Gasteiger partial charge in [0, 0.05) is 18.3 Å². The molecule has 4 atom stereocenters. The first-order valence-corrected chi connectivity index (χ1v) is 17.4. The van der Waals surface area contributed by atoms with Crippen molar-refractivity contribution in [3.8, 4) is 0 Å². The Morgan fingerprint density at radius 2 is 1.40 bits per heavy atom. The van der Waals surface area contributed by atoms with E-state index in [0.717, 1.165) is 12.8 Å². The van der Waals surface area contributed by atoms with Gasteiger partial charge in [-0.2, -0.15) is 0 Å². The van der Waals surface area contributed by atoms with Crippen molar-refractivity contribution in [3.63, 3.8) is 0 Å². The summed E-state index contributed by atoms with van der Waals surface area (Å²) in [7, 11) is -3.89. The Kier molecular flexibility index (Phi) is 8.86. The lowest BCUT2D eigenvalue weighted by molar-refractivity contribution is -0.188. The Hall–Kier alpha value is 0.0138. The number of hydrogen-bond acceptors (Lipinski definition) is 4. The van der Waals surface area contributed by atoms with Crippen LogP contribution in [0, 0.1) is 5.41 Å². The highest BCUT2D eigenvalue weighted by molar-refractivity contribution is 6.74. The minimum atomic E-state index is -1.98. The second-order valence-corrected chi connectivity index (χ2v) is 22.3. The molecule has 1 aliphatic heterocycles. The van der Waals surface area contributed by atoms with Crippen molar-refractivity contribution >= 4 is 16.6 Å². The Bertz CT molecular complexity index is 537. The van der Waals surface area contributed by atoms with Crippen LogP contribution in [0.1, 0.15) is 74.7 Å². The van der Waals surface area contributed by atoms with E-state index in [1.54, 1.807) is 0 Å². The van der Waals surface area contributed by atoms with Crippen molar-refractivity contribution in [3.05, 3.63) is 12.7 Å². The number of rotatable bonds is 8. The molecule has 0 radical (unpaired) electrons. The van der Waals surface area contributed by atoms with Crippen LogP contribution < -0.4 is 0 Å². The lowest BCUT2D eigenvalue weighted by Gasteiger charge is -2.46. The third-order valence-electron chi connectivity index (χ3n) is 7.70. The van der Waals surface area contributed by atoms with Crippen molar-refractivity contribution in [2.45, 2.75) is 136 Å². The van der Waals surface area contributed by atoms with Crippen LogP contribution in [-0.4, -0.2) is 46.3 Å². The van der Waals surface area contributed by atoms with Crippen molar-refractivity contribution in [1.82, 2.24) is 0 Å². The molecule has 30 heavy (non-hydrogen) atoms. The van der Waals surface area contributed by atoms with Gasteiger partial charge in [0.2, 0.25) is 0 Å². The number of hydrogen-bond donors (Lipinski definition) is 1. The van der Waals surface area contributed by atoms with Gasteiger partial charge < -0.3 is 18.7 Å². The Morgan fingerprint density at radius 3 is 1.83 bits per heavy atom. The fourth-order valence-corrected chi connectivity index (χ4v) is 5.58. The van der Waals surface area contributed by atoms with Crippen molar-refractivity contribution in [2.24, 2.45) is 5.41 Å². The third-order valence-corrected chi connectivity index (χ3v) is 16.7. The van der Waals surface area contributed by atoms with Gasteiger partial charge in [-0.05, 0) is 42.7 Å². The molecular formula is C24H50O4Si2. The molecule has 1 saturated heterocycles. The molecule has 0 bridgehead atoms. The molecule has 4 nitrogen and oxygen atoms in total. The molecule has 1 aliphatic rings. The van der Waals surface area contributed by atoms with Gasteiger partial charge >= 0.3 is 0 Å². The number of aliphatic hydroxyl groups is 1. The smallest absolute Gasteiger partial charge is 0.195 e. The van der Waals surface area contributed by atoms with Gasteiger partial charge in [-0.15, -0.1) is 6.58 Å². The number of aliphatic hydroxyl groups excluding tert-OH is 1. The van der Waals surface area contributed by atoms with Crippen LogP contribution in [0.25, 0.3) is 0 Å². The molecule has 0 saturated carbocycles. The molecule has 0 amide bonds. The number of ether oxygens (including phenoxy) is 1. The summed E-state index contributed by atoms with van der Waals surface area (Å²) in [6, 6.07) is 0. The quantitative estimate of drug-likeness (QED) is 0.318. The van der Waals surface area contributed by atoms with E-state index in [1.807, 2.05) is 19.9 Å². The largest absolute Gasteiger partial charge is 0.414 e. The van der Waals surface area contributed by atoms with Crippen molar-refractivity contribution < 1.29 is 18.7 Å². The average Bonchev–Trinajstić information content (AvgIpc) is 2.51. The van der Waals surface area contributed by atoms with E-state index in [9.17, 15) is 5.11 Å². The summed E-state index contributed by atoms with van der Waals surface area (Å²) in [5.41, 5.74) is -0.355. The van der Waals surface area contributed by atoms with Crippen LogP contribution in [0.3, 0.4) is 0 Å². The van der Waals surface area contributed by atoms with Crippen LogP contribution in [-0.2, 0) is 13.6 Å². The zero-order valence-corrected chi connectivity index (χ0v) is 23.9. The fraction of sp³-hybridized carbons (Fsp3) is 0.917. The van der Waals surface area contributed by atoms with E-state index >= 15 is 0 Å². The maximum Gasteiger partial charge on any atom is 0.195 e. The van der Waals surface area contributed by atoms with E-state index < -0.39 is 22.7 Å².